The number of hydrogen-bond acceptors (Lipinski definition) is 4. The minimum absolute atomic E-state index is 0.105. The Morgan fingerprint density at radius 1 is 1.41 bits per heavy atom. The Labute approximate surface area is 102 Å². The summed E-state index contributed by atoms with van der Waals surface area (Å²) in [6.07, 6.45) is 0.698. The molecule has 1 N–H and O–H groups in total. The zero-order chi connectivity index (χ0) is 12.3. The number of pyridine rings is 1. The van der Waals surface area contributed by atoms with Gasteiger partial charge in [0.05, 0.1) is 11.3 Å². The molecule has 1 heterocycles. The average Bonchev–Trinajstić information content (AvgIpc) is 2.35. The van der Waals surface area contributed by atoms with E-state index in [0.717, 1.165) is 22.7 Å². The topological polar surface area (TPSA) is 67.3 Å². The van der Waals surface area contributed by atoms with E-state index in [1.54, 1.807) is 6.07 Å². The van der Waals surface area contributed by atoms with Crippen molar-refractivity contribution in [1.82, 2.24) is 4.98 Å². The van der Waals surface area contributed by atoms with Gasteiger partial charge in [-0.25, -0.2) is 4.98 Å². The number of aromatic nitrogens is 1. The van der Waals surface area contributed by atoms with Crippen LogP contribution >= 0.6 is 11.8 Å². The van der Waals surface area contributed by atoms with Crippen molar-refractivity contribution in [3.63, 3.8) is 0 Å². The molecule has 0 fully saturated rings. The van der Waals surface area contributed by atoms with Gasteiger partial charge in [-0.1, -0.05) is 30.0 Å². The number of carbonyl (C=O) groups is 2. The van der Waals surface area contributed by atoms with Crippen LogP contribution in [-0.2, 0) is 4.79 Å². The molecule has 0 saturated carbocycles. The molecule has 1 aromatic carbocycles. The summed E-state index contributed by atoms with van der Waals surface area (Å²) < 4.78 is 0. The minimum Gasteiger partial charge on any atom is -0.481 e. The van der Waals surface area contributed by atoms with Crippen LogP contribution < -0.4 is 0 Å². The Morgan fingerprint density at radius 3 is 2.88 bits per heavy atom. The number of aldehydes is 1. The number of benzene rings is 1. The van der Waals surface area contributed by atoms with E-state index in [4.69, 9.17) is 5.11 Å². The highest BCUT2D eigenvalue weighted by Crippen LogP contribution is 2.23. The number of fused-ring (bicyclic) bond motifs is 1. The fourth-order valence-corrected chi connectivity index (χ4v) is 2.14. The lowest BCUT2D eigenvalue weighted by Crippen LogP contribution is -2.00. The van der Waals surface area contributed by atoms with Gasteiger partial charge in [-0.15, -0.1) is 0 Å². The third-order valence-corrected chi connectivity index (χ3v) is 3.17. The lowest BCUT2D eigenvalue weighted by atomic mass is 10.2. The zero-order valence-electron chi connectivity index (χ0n) is 8.79. The maximum Gasteiger partial charge on any atom is 0.313 e. The van der Waals surface area contributed by atoms with Crippen LogP contribution in [0, 0.1) is 0 Å². The molecule has 86 valence electrons. The molecule has 1 aromatic heterocycles. The second-order valence-corrected chi connectivity index (χ2v) is 4.34. The maximum absolute atomic E-state index is 10.9. The van der Waals surface area contributed by atoms with Crippen LogP contribution in [0.2, 0.25) is 0 Å². The summed E-state index contributed by atoms with van der Waals surface area (Å²) in [5, 5.41) is 9.94. The normalized spacial score (nSPS) is 10.4. The van der Waals surface area contributed by atoms with Gasteiger partial charge in [0.2, 0.25) is 0 Å². The molecule has 17 heavy (non-hydrogen) atoms. The number of para-hydroxylation sites is 1. The van der Waals surface area contributed by atoms with Crippen LogP contribution in [0.3, 0.4) is 0 Å². The van der Waals surface area contributed by atoms with E-state index in [2.05, 4.69) is 4.98 Å². The van der Waals surface area contributed by atoms with Crippen molar-refractivity contribution in [2.45, 2.75) is 5.03 Å². The molecule has 0 aliphatic heterocycles. The number of thioether (sulfide) groups is 1. The predicted octanol–water partition coefficient (Wildman–Crippen LogP) is 2.22. The lowest BCUT2D eigenvalue weighted by Gasteiger charge is -2.04. The average molecular weight is 247 g/mol. The van der Waals surface area contributed by atoms with Crippen LogP contribution in [0.4, 0.5) is 0 Å². The first-order chi connectivity index (χ1) is 8.20. The maximum atomic E-state index is 10.9. The number of aliphatic carboxylic acids is 1. The second kappa shape index (κ2) is 4.97. The van der Waals surface area contributed by atoms with Crippen molar-refractivity contribution in [3.05, 3.63) is 35.9 Å². The predicted molar refractivity (Wildman–Crippen MR) is 65.5 cm³/mol. The first-order valence-electron chi connectivity index (χ1n) is 4.90. The summed E-state index contributed by atoms with van der Waals surface area (Å²) >= 11 is 1.05. The summed E-state index contributed by atoms with van der Waals surface area (Å²) in [5.41, 5.74) is 1.18. The molecular weight excluding hydrogens is 238 g/mol. The summed E-state index contributed by atoms with van der Waals surface area (Å²) in [7, 11) is 0. The molecule has 0 radical (unpaired) electrons. The highest BCUT2D eigenvalue weighted by atomic mass is 32.2. The van der Waals surface area contributed by atoms with Crippen molar-refractivity contribution in [3.8, 4) is 0 Å². The molecule has 2 rings (SSSR count). The second-order valence-electron chi connectivity index (χ2n) is 3.38. The van der Waals surface area contributed by atoms with Crippen LogP contribution in [0.25, 0.3) is 10.9 Å². The van der Waals surface area contributed by atoms with Crippen molar-refractivity contribution in [2.24, 2.45) is 0 Å². The van der Waals surface area contributed by atoms with Crippen LogP contribution in [-0.4, -0.2) is 28.1 Å². The quantitative estimate of drug-likeness (QED) is 0.662. The van der Waals surface area contributed by atoms with Crippen molar-refractivity contribution < 1.29 is 14.7 Å². The lowest BCUT2D eigenvalue weighted by molar-refractivity contribution is -0.133. The van der Waals surface area contributed by atoms with Gasteiger partial charge in [-0.2, -0.15) is 0 Å². The summed E-state index contributed by atoms with van der Waals surface area (Å²) in [5.74, 6) is -1.03. The van der Waals surface area contributed by atoms with E-state index in [-0.39, 0.29) is 5.75 Å². The molecule has 0 bridgehead atoms. The third-order valence-electron chi connectivity index (χ3n) is 2.18. The number of carbonyl (C=O) groups excluding carboxylic acids is 1. The van der Waals surface area contributed by atoms with Crippen LogP contribution in [0.15, 0.2) is 35.4 Å². The van der Waals surface area contributed by atoms with Gasteiger partial charge >= 0.3 is 5.97 Å². The van der Waals surface area contributed by atoms with Gasteiger partial charge in [-0.3, -0.25) is 9.59 Å². The molecule has 0 aliphatic rings. The van der Waals surface area contributed by atoms with E-state index in [1.165, 1.54) is 0 Å². The summed E-state index contributed by atoms with van der Waals surface area (Å²) in [6, 6.07) is 9.12. The standard InChI is InChI=1S/C12H9NO3S/c14-6-9-5-8-3-1-2-4-10(8)13-12(9)17-7-11(15)16/h1-6H,7H2,(H,15,16). The molecule has 2 aromatic rings. The Balaban J connectivity index is 2.45. The molecule has 5 heteroatoms. The molecule has 0 aliphatic carbocycles. The van der Waals surface area contributed by atoms with E-state index >= 15 is 0 Å². The van der Waals surface area contributed by atoms with Crippen molar-refractivity contribution in [1.29, 1.82) is 0 Å². The summed E-state index contributed by atoms with van der Waals surface area (Å²) in [4.78, 5) is 25.7. The first kappa shape index (κ1) is 11.6. The Bertz CT molecular complexity index is 583. The van der Waals surface area contributed by atoms with Crippen molar-refractivity contribution in [2.75, 3.05) is 5.75 Å². The van der Waals surface area contributed by atoms with Gasteiger partial charge in [0.1, 0.15) is 5.03 Å². The number of rotatable bonds is 4. The minimum atomic E-state index is -0.929. The van der Waals surface area contributed by atoms with E-state index in [1.807, 2.05) is 24.3 Å². The fraction of sp³-hybridized carbons (Fsp3) is 0.0833. The molecule has 0 saturated heterocycles. The smallest absolute Gasteiger partial charge is 0.313 e. The van der Waals surface area contributed by atoms with Gasteiger partial charge in [-0.05, 0) is 12.1 Å². The highest BCUT2D eigenvalue weighted by Gasteiger charge is 2.08. The largest absolute Gasteiger partial charge is 0.481 e. The number of hydrogen-bond donors (Lipinski definition) is 1. The fourth-order valence-electron chi connectivity index (χ4n) is 1.44. The number of carboxylic acid groups (broad SMARTS) is 1. The molecule has 0 unspecified atom stereocenters. The number of nitrogens with zero attached hydrogens (tertiary/aromatic N) is 1. The SMILES string of the molecule is O=Cc1cc2ccccc2nc1SCC(=O)O. The van der Waals surface area contributed by atoms with E-state index in [0.29, 0.717) is 16.9 Å². The van der Waals surface area contributed by atoms with Crippen LogP contribution in [0.5, 0.6) is 0 Å². The molecule has 4 nitrogen and oxygen atoms in total. The summed E-state index contributed by atoms with van der Waals surface area (Å²) in [6.45, 7) is 0. The highest BCUT2D eigenvalue weighted by molar-refractivity contribution is 7.99. The van der Waals surface area contributed by atoms with Gasteiger partial charge < -0.3 is 5.11 Å². The zero-order valence-corrected chi connectivity index (χ0v) is 9.61. The molecule has 0 spiro atoms. The molecule has 0 amide bonds. The van der Waals surface area contributed by atoms with E-state index < -0.39 is 5.97 Å². The first-order valence-corrected chi connectivity index (χ1v) is 5.89. The Hall–Kier alpha value is -1.88. The Morgan fingerprint density at radius 2 is 2.18 bits per heavy atom. The molecule has 0 atom stereocenters. The Kier molecular flexibility index (Phi) is 3.39. The molecular formula is C12H9NO3S. The third kappa shape index (κ3) is 2.62. The monoisotopic (exact) mass is 247 g/mol. The van der Waals surface area contributed by atoms with E-state index in [9.17, 15) is 9.59 Å². The van der Waals surface area contributed by atoms with Gasteiger partial charge in [0.25, 0.3) is 0 Å². The van der Waals surface area contributed by atoms with Crippen LogP contribution in [0.1, 0.15) is 10.4 Å². The van der Waals surface area contributed by atoms with Crippen molar-refractivity contribution >= 4 is 34.9 Å². The number of carboxylic acids is 1. The van der Waals surface area contributed by atoms with Gasteiger partial charge in [0, 0.05) is 10.9 Å². The van der Waals surface area contributed by atoms with Gasteiger partial charge in [0.15, 0.2) is 6.29 Å².